The van der Waals surface area contributed by atoms with Gasteiger partial charge in [-0.25, -0.2) is 0 Å². The summed E-state index contributed by atoms with van der Waals surface area (Å²) in [6.45, 7) is 1.30. The Labute approximate surface area is 154 Å². The minimum absolute atomic E-state index is 0.115. The molecule has 2 aromatic rings. The van der Waals surface area contributed by atoms with Gasteiger partial charge in [-0.1, -0.05) is 35.3 Å². The molecule has 5 nitrogen and oxygen atoms in total. The van der Waals surface area contributed by atoms with Gasteiger partial charge in [0.1, 0.15) is 17.4 Å². The Hall–Kier alpha value is -2.81. The van der Waals surface area contributed by atoms with Gasteiger partial charge < -0.3 is 10.1 Å². The van der Waals surface area contributed by atoms with Crippen LogP contribution in [0, 0.1) is 11.3 Å². The number of carbonyl (C=O) groups excluding carboxylic acids is 2. The highest BCUT2D eigenvalue weighted by molar-refractivity contribution is 6.36. The lowest BCUT2D eigenvalue weighted by atomic mass is 10.1. The molecule has 0 unspecified atom stereocenters. The molecule has 0 spiro atoms. The lowest BCUT2D eigenvalue weighted by Crippen LogP contribution is -2.13. The second-order valence-corrected chi connectivity index (χ2v) is 5.75. The van der Waals surface area contributed by atoms with Gasteiger partial charge in [-0.15, -0.1) is 0 Å². The number of rotatable bonds is 4. The molecular formula is C18H12Cl2N2O3. The van der Waals surface area contributed by atoms with Gasteiger partial charge in [0, 0.05) is 11.9 Å². The second-order valence-electron chi connectivity index (χ2n) is 4.91. The van der Waals surface area contributed by atoms with Crippen molar-refractivity contribution in [3.05, 3.63) is 63.6 Å². The van der Waals surface area contributed by atoms with E-state index in [0.29, 0.717) is 27.0 Å². The number of carbonyl (C=O) groups is 2. The van der Waals surface area contributed by atoms with Gasteiger partial charge in [0.15, 0.2) is 0 Å². The molecule has 0 radical (unpaired) electrons. The van der Waals surface area contributed by atoms with Crippen LogP contribution in [0.5, 0.6) is 5.75 Å². The van der Waals surface area contributed by atoms with E-state index in [-0.39, 0.29) is 5.57 Å². The molecule has 126 valence electrons. The lowest BCUT2D eigenvalue weighted by Gasteiger charge is -2.07. The van der Waals surface area contributed by atoms with Crippen molar-refractivity contribution < 1.29 is 14.3 Å². The topological polar surface area (TPSA) is 79.2 Å². The molecule has 2 aromatic carbocycles. The summed E-state index contributed by atoms with van der Waals surface area (Å²) in [6.07, 6.45) is 1.41. The van der Waals surface area contributed by atoms with Crippen LogP contribution in [0.15, 0.2) is 48.0 Å². The van der Waals surface area contributed by atoms with Crippen molar-refractivity contribution >= 4 is 46.8 Å². The predicted molar refractivity (Wildman–Crippen MR) is 96.4 cm³/mol. The Balaban J connectivity index is 2.19. The van der Waals surface area contributed by atoms with Crippen molar-refractivity contribution in [2.75, 3.05) is 5.32 Å². The molecule has 0 fully saturated rings. The quantitative estimate of drug-likeness (QED) is 0.370. The Bertz CT molecular complexity index is 884. The predicted octanol–water partition coefficient (Wildman–Crippen LogP) is 4.46. The molecule has 7 heteroatoms. The fraction of sp³-hybridized carbons (Fsp3) is 0.0556. The van der Waals surface area contributed by atoms with Crippen LogP contribution in [0.1, 0.15) is 12.5 Å². The zero-order valence-electron chi connectivity index (χ0n) is 13.0. The van der Waals surface area contributed by atoms with Crippen LogP contribution in [0.2, 0.25) is 10.0 Å². The number of nitrogens with one attached hydrogen (secondary N) is 1. The van der Waals surface area contributed by atoms with Gasteiger partial charge in [-0.05, 0) is 42.0 Å². The van der Waals surface area contributed by atoms with Crippen LogP contribution >= 0.6 is 23.2 Å². The first-order chi connectivity index (χ1) is 11.9. The fourth-order valence-electron chi connectivity index (χ4n) is 1.90. The zero-order valence-corrected chi connectivity index (χ0v) is 14.6. The number of nitriles is 1. The van der Waals surface area contributed by atoms with E-state index in [2.05, 4.69) is 5.32 Å². The molecule has 0 saturated heterocycles. The van der Waals surface area contributed by atoms with E-state index in [1.807, 2.05) is 6.07 Å². The van der Waals surface area contributed by atoms with Crippen molar-refractivity contribution in [1.82, 2.24) is 0 Å². The average molecular weight is 375 g/mol. The van der Waals surface area contributed by atoms with Crippen LogP contribution in [-0.4, -0.2) is 11.9 Å². The number of benzene rings is 2. The fourth-order valence-corrected chi connectivity index (χ4v) is 2.23. The summed E-state index contributed by atoms with van der Waals surface area (Å²) < 4.78 is 4.92. The monoisotopic (exact) mass is 374 g/mol. The molecule has 0 aliphatic carbocycles. The van der Waals surface area contributed by atoms with Crippen molar-refractivity contribution in [2.45, 2.75) is 6.92 Å². The van der Waals surface area contributed by atoms with Crippen LogP contribution in [0.25, 0.3) is 6.08 Å². The molecule has 2 rings (SSSR count). The Morgan fingerprint density at radius 2 is 1.84 bits per heavy atom. The zero-order chi connectivity index (χ0) is 18.4. The van der Waals surface area contributed by atoms with E-state index in [1.165, 1.54) is 19.1 Å². The Kier molecular flexibility index (Phi) is 6.18. The average Bonchev–Trinajstić information content (AvgIpc) is 2.57. The third kappa shape index (κ3) is 5.35. The molecule has 25 heavy (non-hydrogen) atoms. The molecule has 0 saturated carbocycles. The van der Waals surface area contributed by atoms with E-state index in [0.717, 1.165) is 0 Å². The first-order valence-electron chi connectivity index (χ1n) is 7.05. The van der Waals surface area contributed by atoms with E-state index in [1.54, 1.807) is 36.4 Å². The molecule has 1 N–H and O–H groups in total. The largest absolute Gasteiger partial charge is 0.427 e. The standard InChI is InChI=1S/C18H12Cl2N2O3/c1-11(23)25-15-5-2-12(3-6-15)8-13(10-21)18(24)22-17-9-14(19)4-7-16(17)20/h2-9H,1H3,(H,22,24). The third-order valence-corrected chi connectivity index (χ3v) is 3.56. The van der Waals surface area contributed by atoms with Crippen LogP contribution in [0.3, 0.4) is 0 Å². The number of halogens is 2. The molecule has 0 aromatic heterocycles. The van der Waals surface area contributed by atoms with Crippen LogP contribution in [0.4, 0.5) is 5.69 Å². The van der Waals surface area contributed by atoms with Gasteiger partial charge in [0.05, 0.1) is 10.7 Å². The first kappa shape index (κ1) is 18.5. The molecular weight excluding hydrogens is 363 g/mol. The van der Waals surface area contributed by atoms with Crippen molar-refractivity contribution in [3.8, 4) is 11.8 Å². The molecule has 0 atom stereocenters. The Morgan fingerprint density at radius 1 is 1.16 bits per heavy atom. The number of hydrogen-bond donors (Lipinski definition) is 1. The lowest BCUT2D eigenvalue weighted by molar-refractivity contribution is -0.131. The van der Waals surface area contributed by atoms with Gasteiger partial charge in [0.25, 0.3) is 5.91 Å². The van der Waals surface area contributed by atoms with E-state index in [9.17, 15) is 14.9 Å². The van der Waals surface area contributed by atoms with E-state index < -0.39 is 11.9 Å². The number of anilines is 1. The Morgan fingerprint density at radius 3 is 2.44 bits per heavy atom. The maximum Gasteiger partial charge on any atom is 0.308 e. The van der Waals surface area contributed by atoms with Crippen molar-refractivity contribution in [1.29, 1.82) is 5.26 Å². The molecule has 0 bridgehead atoms. The van der Waals surface area contributed by atoms with Crippen LogP contribution < -0.4 is 10.1 Å². The SMILES string of the molecule is CC(=O)Oc1ccc(C=C(C#N)C(=O)Nc2cc(Cl)ccc2Cl)cc1. The van der Waals surface area contributed by atoms with Gasteiger partial charge in [0.2, 0.25) is 0 Å². The summed E-state index contributed by atoms with van der Waals surface area (Å²) in [5.74, 6) is -0.673. The summed E-state index contributed by atoms with van der Waals surface area (Å²) in [5.41, 5.74) is 0.793. The van der Waals surface area contributed by atoms with E-state index in [4.69, 9.17) is 27.9 Å². The summed E-state index contributed by atoms with van der Waals surface area (Å²) in [4.78, 5) is 23.1. The molecule has 1 amide bonds. The normalized spacial score (nSPS) is 10.7. The maximum atomic E-state index is 12.3. The van der Waals surface area contributed by atoms with Gasteiger partial charge in [-0.2, -0.15) is 5.26 Å². The minimum Gasteiger partial charge on any atom is -0.427 e. The highest BCUT2D eigenvalue weighted by atomic mass is 35.5. The number of nitrogens with zero attached hydrogens (tertiary/aromatic N) is 1. The maximum absolute atomic E-state index is 12.3. The minimum atomic E-state index is -0.615. The number of amides is 1. The smallest absolute Gasteiger partial charge is 0.308 e. The van der Waals surface area contributed by atoms with Crippen LogP contribution in [-0.2, 0) is 9.59 Å². The summed E-state index contributed by atoms with van der Waals surface area (Å²) >= 11 is 11.9. The third-order valence-electron chi connectivity index (χ3n) is 2.99. The summed E-state index contributed by atoms with van der Waals surface area (Å²) in [6, 6.07) is 12.8. The first-order valence-corrected chi connectivity index (χ1v) is 7.81. The van der Waals surface area contributed by atoms with Gasteiger partial charge >= 0.3 is 5.97 Å². The molecule has 0 aliphatic heterocycles. The number of ether oxygens (including phenoxy) is 1. The highest BCUT2D eigenvalue weighted by Gasteiger charge is 2.12. The van der Waals surface area contributed by atoms with Crippen molar-refractivity contribution in [2.24, 2.45) is 0 Å². The number of hydrogen-bond acceptors (Lipinski definition) is 4. The van der Waals surface area contributed by atoms with E-state index >= 15 is 0 Å². The second kappa shape index (κ2) is 8.34. The summed E-state index contributed by atoms with van der Waals surface area (Å²) in [7, 11) is 0. The molecule has 0 heterocycles. The van der Waals surface area contributed by atoms with Gasteiger partial charge in [-0.3, -0.25) is 9.59 Å². The summed E-state index contributed by atoms with van der Waals surface area (Å²) in [5, 5.41) is 12.5. The van der Waals surface area contributed by atoms with Crippen molar-refractivity contribution in [3.63, 3.8) is 0 Å². The highest BCUT2D eigenvalue weighted by Crippen LogP contribution is 2.26. The molecule has 0 aliphatic rings. The number of esters is 1.